The molecule has 1 N–H and O–H groups in total. The van der Waals surface area contributed by atoms with Gasteiger partial charge in [0.2, 0.25) is 0 Å². The second-order valence-electron chi connectivity index (χ2n) is 4.04. The minimum Gasteiger partial charge on any atom is -0.385 e. The molecule has 0 saturated heterocycles. The number of hydrogen-bond donors (Lipinski definition) is 1. The van der Waals surface area contributed by atoms with Gasteiger partial charge in [-0.15, -0.1) is 0 Å². The van der Waals surface area contributed by atoms with Gasteiger partial charge in [0, 0.05) is 15.8 Å². The van der Waals surface area contributed by atoms with Crippen LogP contribution in [0.25, 0.3) is 0 Å². The Balaban J connectivity index is 1.84. The number of nitrogens with one attached hydrogen (secondary N) is 1. The molecule has 1 aliphatic rings. The molecule has 15 heavy (non-hydrogen) atoms. The highest BCUT2D eigenvalue weighted by molar-refractivity contribution is 14.1. The highest BCUT2D eigenvalue weighted by Gasteiger charge is 2.08. The molecule has 0 spiro atoms. The van der Waals surface area contributed by atoms with Crippen LogP contribution in [0.2, 0.25) is 0 Å². The van der Waals surface area contributed by atoms with Gasteiger partial charge in [-0.2, -0.15) is 0 Å². The first kappa shape index (κ1) is 11.0. The summed E-state index contributed by atoms with van der Waals surface area (Å²) in [5.41, 5.74) is 1.25. The molecule has 0 aromatic heterocycles. The van der Waals surface area contributed by atoms with Gasteiger partial charge in [0.05, 0.1) is 0 Å². The topological polar surface area (TPSA) is 12.0 Å². The van der Waals surface area contributed by atoms with Crippen molar-refractivity contribution in [1.82, 2.24) is 0 Å². The molecule has 0 heterocycles. The van der Waals surface area contributed by atoms with E-state index in [1.54, 1.807) is 0 Å². The number of benzene rings is 1. The standard InChI is InChI=1S/C13H16IN/c14-12-7-4-8-13(9-12)15-10-11-5-2-1-3-6-11/h1-2,4,7-9,11,15H,3,5-6,10H2. The van der Waals surface area contributed by atoms with Crippen LogP contribution in [0.3, 0.4) is 0 Å². The first-order valence-corrected chi connectivity index (χ1v) is 6.57. The Morgan fingerprint density at radius 1 is 1.33 bits per heavy atom. The van der Waals surface area contributed by atoms with Gasteiger partial charge < -0.3 is 5.32 Å². The second kappa shape index (κ2) is 5.54. The quantitative estimate of drug-likeness (QED) is 0.655. The largest absolute Gasteiger partial charge is 0.385 e. The first-order valence-electron chi connectivity index (χ1n) is 5.49. The summed E-state index contributed by atoms with van der Waals surface area (Å²) < 4.78 is 1.29. The minimum atomic E-state index is 0.813. The van der Waals surface area contributed by atoms with Gasteiger partial charge in [-0.05, 0) is 66.0 Å². The number of rotatable bonds is 3. The average molecular weight is 313 g/mol. The summed E-state index contributed by atoms with van der Waals surface area (Å²) >= 11 is 2.35. The number of allylic oxidation sites excluding steroid dienone is 2. The fraction of sp³-hybridized carbons (Fsp3) is 0.385. The first-order chi connectivity index (χ1) is 7.34. The summed E-state index contributed by atoms with van der Waals surface area (Å²) in [4.78, 5) is 0. The molecule has 2 heteroatoms. The Bertz CT molecular complexity index is 346. The van der Waals surface area contributed by atoms with E-state index in [1.807, 2.05) is 0 Å². The van der Waals surface area contributed by atoms with Crippen molar-refractivity contribution in [1.29, 1.82) is 0 Å². The average Bonchev–Trinajstić information content (AvgIpc) is 2.28. The Morgan fingerprint density at radius 2 is 2.27 bits per heavy atom. The third-order valence-electron chi connectivity index (χ3n) is 2.80. The lowest BCUT2D eigenvalue weighted by atomic mass is 9.94. The van der Waals surface area contributed by atoms with E-state index in [-0.39, 0.29) is 0 Å². The molecule has 0 radical (unpaired) electrons. The lowest BCUT2D eigenvalue weighted by molar-refractivity contribution is 0.504. The van der Waals surface area contributed by atoms with Crippen LogP contribution in [0.5, 0.6) is 0 Å². The van der Waals surface area contributed by atoms with Crippen molar-refractivity contribution in [2.75, 3.05) is 11.9 Å². The number of hydrogen-bond acceptors (Lipinski definition) is 1. The van der Waals surface area contributed by atoms with Gasteiger partial charge in [-0.3, -0.25) is 0 Å². The summed E-state index contributed by atoms with van der Waals surface area (Å²) in [7, 11) is 0. The second-order valence-corrected chi connectivity index (χ2v) is 5.29. The Hall–Kier alpha value is -0.510. The summed E-state index contributed by atoms with van der Waals surface area (Å²) in [6, 6.07) is 8.56. The van der Waals surface area contributed by atoms with Crippen molar-refractivity contribution in [3.05, 3.63) is 40.0 Å². The molecule has 2 rings (SSSR count). The molecule has 1 atom stereocenters. The van der Waals surface area contributed by atoms with E-state index in [0.29, 0.717) is 0 Å². The molecule has 1 nitrogen and oxygen atoms in total. The summed E-state index contributed by atoms with van der Waals surface area (Å²) in [6.45, 7) is 1.10. The molecule has 1 aromatic carbocycles. The van der Waals surface area contributed by atoms with E-state index in [9.17, 15) is 0 Å². The SMILES string of the molecule is Ic1cccc(NCC2CC=CCC2)c1. The van der Waals surface area contributed by atoms with Gasteiger partial charge in [0.25, 0.3) is 0 Å². The third kappa shape index (κ3) is 3.52. The fourth-order valence-electron chi connectivity index (χ4n) is 1.90. The molecular formula is C13H16IN. The lowest BCUT2D eigenvalue weighted by Crippen LogP contribution is -2.15. The maximum atomic E-state index is 3.52. The molecule has 0 bridgehead atoms. The molecule has 0 amide bonds. The zero-order valence-electron chi connectivity index (χ0n) is 8.75. The van der Waals surface area contributed by atoms with Gasteiger partial charge in [0.1, 0.15) is 0 Å². The van der Waals surface area contributed by atoms with Crippen LogP contribution >= 0.6 is 22.6 Å². The van der Waals surface area contributed by atoms with Crippen molar-refractivity contribution >= 4 is 28.3 Å². The Labute approximate surface area is 105 Å². The Kier molecular flexibility index (Phi) is 4.06. The lowest BCUT2D eigenvalue weighted by Gasteiger charge is -2.18. The number of anilines is 1. The molecule has 0 aliphatic heterocycles. The van der Waals surface area contributed by atoms with Crippen molar-refractivity contribution in [3.8, 4) is 0 Å². The van der Waals surface area contributed by atoms with Crippen molar-refractivity contribution in [2.24, 2.45) is 5.92 Å². The molecule has 1 aromatic rings. The molecule has 80 valence electrons. The predicted octanol–water partition coefficient (Wildman–Crippen LogP) is 4.06. The third-order valence-corrected chi connectivity index (χ3v) is 3.47. The van der Waals surface area contributed by atoms with Crippen LogP contribution < -0.4 is 5.32 Å². The van der Waals surface area contributed by atoms with Crippen LogP contribution in [0, 0.1) is 9.49 Å². The normalized spacial score (nSPS) is 20.2. The number of halogens is 1. The molecule has 1 aliphatic carbocycles. The van der Waals surface area contributed by atoms with Crippen LogP contribution in [0.15, 0.2) is 36.4 Å². The van der Waals surface area contributed by atoms with E-state index in [1.165, 1.54) is 28.5 Å². The highest BCUT2D eigenvalue weighted by Crippen LogP contribution is 2.19. The summed E-state index contributed by atoms with van der Waals surface area (Å²) in [5, 5.41) is 3.52. The van der Waals surface area contributed by atoms with Crippen molar-refractivity contribution in [2.45, 2.75) is 19.3 Å². The van der Waals surface area contributed by atoms with Crippen LogP contribution in [0.1, 0.15) is 19.3 Å². The van der Waals surface area contributed by atoms with Gasteiger partial charge in [-0.1, -0.05) is 18.2 Å². The zero-order valence-corrected chi connectivity index (χ0v) is 10.9. The van der Waals surface area contributed by atoms with Crippen LogP contribution in [-0.2, 0) is 0 Å². The molecule has 1 unspecified atom stereocenters. The maximum absolute atomic E-state index is 3.52. The maximum Gasteiger partial charge on any atom is 0.0350 e. The monoisotopic (exact) mass is 313 g/mol. The minimum absolute atomic E-state index is 0.813. The van der Waals surface area contributed by atoms with E-state index in [2.05, 4.69) is 64.3 Å². The predicted molar refractivity (Wildman–Crippen MR) is 74.1 cm³/mol. The zero-order chi connectivity index (χ0) is 10.5. The summed E-state index contributed by atoms with van der Waals surface area (Å²) in [6.07, 6.45) is 8.41. The Morgan fingerprint density at radius 3 is 3.00 bits per heavy atom. The fourth-order valence-corrected chi connectivity index (χ4v) is 2.45. The van der Waals surface area contributed by atoms with Gasteiger partial charge in [0.15, 0.2) is 0 Å². The summed E-state index contributed by atoms with van der Waals surface area (Å²) in [5.74, 6) is 0.813. The molecule has 0 fully saturated rings. The van der Waals surface area contributed by atoms with E-state index in [4.69, 9.17) is 0 Å². The van der Waals surface area contributed by atoms with Crippen LogP contribution in [-0.4, -0.2) is 6.54 Å². The molecule has 0 saturated carbocycles. The van der Waals surface area contributed by atoms with Gasteiger partial charge in [-0.25, -0.2) is 0 Å². The van der Waals surface area contributed by atoms with E-state index in [0.717, 1.165) is 12.5 Å². The van der Waals surface area contributed by atoms with Crippen molar-refractivity contribution in [3.63, 3.8) is 0 Å². The smallest absolute Gasteiger partial charge is 0.0350 e. The van der Waals surface area contributed by atoms with Gasteiger partial charge >= 0.3 is 0 Å². The highest BCUT2D eigenvalue weighted by atomic mass is 127. The van der Waals surface area contributed by atoms with E-state index >= 15 is 0 Å². The molecular weight excluding hydrogens is 297 g/mol. The van der Waals surface area contributed by atoms with Crippen LogP contribution in [0.4, 0.5) is 5.69 Å². The van der Waals surface area contributed by atoms with Crippen molar-refractivity contribution < 1.29 is 0 Å². The van der Waals surface area contributed by atoms with E-state index < -0.39 is 0 Å².